The molecular formula is C16H15F2NO5S2. The predicted octanol–water partition coefficient (Wildman–Crippen LogP) is 2.38. The first-order valence-electron chi connectivity index (χ1n) is 7.26. The van der Waals surface area contributed by atoms with Gasteiger partial charge in [0.15, 0.2) is 18.2 Å². The van der Waals surface area contributed by atoms with Gasteiger partial charge in [-0.05, 0) is 42.0 Å². The van der Waals surface area contributed by atoms with Gasteiger partial charge in [-0.15, -0.1) is 0 Å². The van der Waals surface area contributed by atoms with Crippen molar-refractivity contribution < 1.29 is 31.8 Å². The number of sulfonamides is 1. The Morgan fingerprint density at radius 1 is 1.19 bits per heavy atom. The number of rotatable bonds is 8. The molecule has 0 radical (unpaired) electrons. The summed E-state index contributed by atoms with van der Waals surface area (Å²) in [5.74, 6) is -2.82. The third kappa shape index (κ3) is 5.41. The molecule has 1 atom stereocenters. The van der Waals surface area contributed by atoms with Gasteiger partial charge in [-0.2, -0.15) is 12.6 Å². The minimum Gasteiger partial charge on any atom is -0.479 e. The maximum Gasteiger partial charge on any atom is 0.341 e. The number of nitrogens with one attached hydrogen (secondary N) is 1. The van der Waals surface area contributed by atoms with E-state index >= 15 is 0 Å². The van der Waals surface area contributed by atoms with E-state index in [-0.39, 0.29) is 17.2 Å². The van der Waals surface area contributed by atoms with Crippen molar-refractivity contribution in [3.63, 3.8) is 0 Å². The van der Waals surface area contributed by atoms with E-state index < -0.39 is 39.5 Å². The Hall–Kier alpha value is -2.17. The molecule has 0 amide bonds. The number of carboxylic acids is 1. The quantitative estimate of drug-likeness (QED) is 0.589. The topological polar surface area (TPSA) is 92.7 Å². The molecule has 0 aliphatic carbocycles. The van der Waals surface area contributed by atoms with Crippen molar-refractivity contribution >= 4 is 28.6 Å². The molecular weight excluding hydrogens is 388 g/mol. The van der Waals surface area contributed by atoms with Crippen LogP contribution in [0.5, 0.6) is 5.75 Å². The number of halogens is 2. The van der Waals surface area contributed by atoms with Gasteiger partial charge in [0.25, 0.3) is 0 Å². The summed E-state index contributed by atoms with van der Waals surface area (Å²) in [4.78, 5) is 10.3. The summed E-state index contributed by atoms with van der Waals surface area (Å²) in [6, 6.07) is 8.07. The van der Waals surface area contributed by atoms with E-state index in [2.05, 4.69) is 17.4 Å². The number of carboxylic acid groups (broad SMARTS) is 1. The SMILES string of the molecule is O=C(O)COc1ccc(C(S)CNS(=O)(=O)c2ccc(F)cc2)cc1F. The van der Waals surface area contributed by atoms with Gasteiger partial charge in [0.2, 0.25) is 10.0 Å². The zero-order chi connectivity index (χ0) is 19.3. The minimum atomic E-state index is -3.87. The lowest BCUT2D eigenvalue weighted by molar-refractivity contribution is -0.139. The Labute approximate surface area is 154 Å². The van der Waals surface area contributed by atoms with E-state index in [0.717, 1.165) is 30.3 Å². The van der Waals surface area contributed by atoms with Crippen LogP contribution >= 0.6 is 12.6 Å². The average Bonchev–Trinajstić information content (AvgIpc) is 2.59. The van der Waals surface area contributed by atoms with Crippen molar-refractivity contribution in [2.45, 2.75) is 10.1 Å². The van der Waals surface area contributed by atoms with Crippen molar-refractivity contribution in [3.8, 4) is 5.75 Å². The lowest BCUT2D eigenvalue weighted by Crippen LogP contribution is -2.27. The second-order valence-electron chi connectivity index (χ2n) is 5.19. The maximum absolute atomic E-state index is 13.9. The highest BCUT2D eigenvalue weighted by atomic mass is 32.2. The Bertz CT molecular complexity index is 888. The molecule has 6 nitrogen and oxygen atoms in total. The zero-order valence-corrected chi connectivity index (χ0v) is 14.9. The van der Waals surface area contributed by atoms with Crippen molar-refractivity contribution in [2.24, 2.45) is 0 Å². The predicted molar refractivity (Wildman–Crippen MR) is 92.8 cm³/mol. The molecule has 0 saturated carbocycles. The molecule has 0 aliphatic heterocycles. The summed E-state index contributed by atoms with van der Waals surface area (Å²) < 4.78 is 58.1. The highest BCUT2D eigenvalue weighted by Gasteiger charge is 2.17. The highest BCUT2D eigenvalue weighted by molar-refractivity contribution is 7.89. The van der Waals surface area contributed by atoms with Crippen LogP contribution in [0, 0.1) is 11.6 Å². The third-order valence-electron chi connectivity index (χ3n) is 3.28. The maximum atomic E-state index is 13.9. The highest BCUT2D eigenvalue weighted by Crippen LogP contribution is 2.25. The lowest BCUT2D eigenvalue weighted by Gasteiger charge is -2.14. The van der Waals surface area contributed by atoms with Crippen LogP contribution in [0.2, 0.25) is 0 Å². The molecule has 2 aromatic rings. The zero-order valence-electron chi connectivity index (χ0n) is 13.2. The summed E-state index contributed by atoms with van der Waals surface area (Å²) in [6.45, 7) is -0.824. The molecule has 0 fully saturated rings. The van der Waals surface area contributed by atoms with Crippen LogP contribution in [-0.2, 0) is 14.8 Å². The van der Waals surface area contributed by atoms with E-state index in [1.54, 1.807) is 0 Å². The van der Waals surface area contributed by atoms with Gasteiger partial charge < -0.3 is 9.84 Å². The summed E-state index contributed by atoms with van der Waals surface area (Å²) >= 11 is 4.24. The Kier molecular flexibility index (Phi) is 6.57. The number of carbonyl (C=O) groups is 1. The Morgan fingerprint density at radius 3 is 2.42 bits per heavy atom. The van der Waals surface area contributed by atoms with E-state index in [4.69, 9.17) is 9.84 Å². The Morgan fingerprint density at radius 2 is 1.85 bits per heavy atom. The summed E-state index contributed by atoms with van der Waals surface area (Å²) in [5, 5.41) is 7.85. The number of hydrogen-bond donors (Lipinski definition) is 3. The fourth-order valence-electron chi connectivity index (χ4n) is 1.98. The van der Waals surface area contributed by atoms with Gasteiger partial charge in [-0.3, -0.25) is 0 Å². The van der Waals surface area contributed by atoms with Gasteiger partial charge in [-0.25, -0.2) is 26.7 Å². The Balaban J connectivity index is 2.03. The first kappa shape index (κ1) is 20.1. The van der Waals surface area contributed by atoms with Crippen LogP contribution in [-0.4, -0.2) is 32.6 Å². The fourth-order valence-corrected chi connectivity index (χ4v) is 3.41. The molecule has 0 heterocycles. The average molecular weight is 403 g/mol. The third-order valence-corrected chi connectivity index (χ3v) is 5.20. The summed E-state index contributed by atoms with van der Waals surface area (Å²) in [5.41, 5.74) is 0.371. The first-order valence-corrected chi connectivity index (χ1v) is 9.26. The monoisotopic (exact) mass is 403 g/mol. The van der Waals surface area contributed by atoms with Crippen LogP contribution in [0.1, 0.15) is 10.8 Å². The van der Waals surface area contributed by atoms with Crippen molar-refractivity contribution in [2.75, 3.05) is 13.2 Å². The fraction of sp³-hybridized carbons (Fsp3) is 0.188. The molecule has 0 aromatic heterocycles. The standard InChI is InChI=1S/C16H15F2NO5S2/c17-11-2-4-12(5-3-11)26(22,23)19-8-15(25)10-1-6-14(13(18)7-10)24-9-16(20)21/h1-7,15,19,25H,8-9H2,(H,20,21). The van der Waals surface area contributed by atoms with Gasteiger partial charge >= 0.3 is 5.97 Å². The van der Waals surface area contributed by atoms with E-state index in [1.165, 1.54) is 12.1 Å². The molecule has 0 saturated heterocycles. The molecule has 1 unspecified atom stereocenters. The smallest absolute Gasteiger partial charge is 0.341 e. The second-order valence-corrected chi connectivity index (χ2v) is 7.58. The normalized spacial score (nSPS) is 12.6. The number of benzene rings is 2. The van der Waals surface area contributed by atoms with Crippen molar-refractivity contribution in [1.82, 2.24) is 4.72 Å². The minimum absolute atomic E-state index is 0.108. The lowest BCUT2D eigenvalue weighted by atomic mass is 10.1. The summed E-state index contributed by atoms with van der Waals surface area (Å²) in [7, 11) is -3.87. The molecule has 26 heavy (non-hydrogen) atoms. The molecule has 140 valence electrons. The van der Waals surface area contributed by atoms with Gasteiger partial charge in [-0.1, -0.05) is 6.07 Å². The van der Waals surface area contributed by atoms with E-state index in [9.17, 15) is 22.0 Å². The van der Waals surface area contributed by atoms with E-state index in [1.807, 2.05) is 0 Å². The van der Waals surface area contributed by atoms with Crippen LogP contribution < -0.4 is 9.46 Å². The molecule has 2 aromatic carbocycles. The molecule has 2 rings (SSSR count). The molecule has 0 bridgehead atoms. The molecule has 10 heteroatoms. The second kappa shape index (κ2) is 8.47. The van der Waals surface area contributed by atoms with Crippen molar-refractivity contribution in [3.05, 3.63) is 59.7 Å². The van der Waals surface area contributed by atoms with Crippen LogP contribution in [0.3, 0.4) is 0 Å². The van der Waals surface area contributed by atoms with Crippen molar-refractivity contribution in [1.29, 1.82) is 0 Å². The summed E-state index contributed by atoms with van der Waals surface area (Å²) in [6.07, 6.45) is 0. The number of thiol groups is 1. The van der Waals surface area contributed by atoms with Gasteiger partial charge in [0.05, 0.1) is 4.90 Å². The van der Waals surface area contributed by atoms with Crippen LogP contribution in [0.15, 0.2) is 47.4 Å². The van der Waals surface area contributed by atoms with Crippen LogP contribution in [0.4, 0.5) is 8.78 Å². The van der Waals surface area contributed by atoms with E-state index in [0.29, 0.717) is 5.56 Å². The largest absolute Gasteiger partial charge is 0.479 e. The van der Waals surface area contributed by atoms with Gasteiger partial charge in [0, 0.05) is 11.8 Å². The van der Waals surface area contributed by atoms with Crippen LogP contribution in [0.25, 0.3) is 0 Å². The number of ether oxygens (including phenoxy) is 1. The molecule has 0 spiro atoms. The number of aliphatic carboxylic acids is 1. The number of hydrogen-bond acceptors (Lipinski definition) is 5. The molecule has 0 aliphatic rings. The van der Waals surface area contributed by atoms with Gasteiger partial charge in [0.1, 0.15) is 5.82 Å². The first-order chi connectivity index (χ1) is 12.2. The molecule has 2 N–H and O–H groups in total.